The number of hydrogen-bond donors (Lipinski definition) is 0. The molecule has 246 valence electrons. The van der Waals surface area contributed by atoms with Gasteiger partial charge in [0.05, 0.1) is 23.8 Å². The van der Waals surface area contributed by atoms with Crippen LogP contribution in [0.2, 0.25) is 0 Å². The summed E-state index contributed by atoms with van der Waals surface area (Å²) < 4.78 is 15.1. The average molecular weight is 667 g/mol. The molecule has 0 unspecified atom stereocenters. The minimum absolute atomic E-state index is 0.0662. The van der Waals surface area contributed by atoms with Crippen molar-refractivity contribution in [1.29, 1.82) is 0 Å². The van der Waals surface area contributed by atoms with Crippen molar-refractivity contribution in [3.63, 3.8) is 0 Å². The summed E-state index contributed by atoms with van der Waals surface area (Å²) in [6, 6.07) is 9.36. The molecule has 45 heavy (non-hydrogen) atoms. The zero-order valence-corrected chi connectivity index (χ0v) is 31.0. The highest BCUT2D eigenvalue weighted by Crippen LogP contribution is 2.41. The lowest BCUT2D eigenvalue weighted by Gasteiger charge is -2.20. The van der Waals surface area contributed by atoms with Gasteiger partial charge in [-0.3, -0.25) is 4.79 Å². The third-order valence-corrected chi connectivity index (χ3v) is 12.1. The second kappa shape index (κ2) is 17.7. The number of nitrogens with zero attached hydrogens (tertiary/aromatic N) is 2. The molecule has 0 saturated carbocycles. The SMILES string of the molecule is CCCCCCCCc1cc(-c2ccc(-c3cc(CCCCCCCCOC(=O)C(C)(C)CC)c(C)s3)c3nsnc23)sc1C. The van der Waals surface area contributed by atoms with Gasteiger partial charge in [0.1, 0.15) is 11.0 Å². The lowest BCUT2D eigenvalue weighted by atomic mass is 9.91. The van der Waals surface area contributed by atoms with E-state index < -0.39 is 0 Å². The first kappa shape index (κ1) is 35.8. The van der Waals surface area contributed by atoms with Crippen molar-refractivity contribution in [2.24, 2.45) is 5.41 Å². The van der Waals surface area contributed by atoms with Gasteiger partial charge in [-0.25, -0.2) is 0 Å². The monoisotopic (exact) mass is 666 g/mol. The third kappa shape index (κ3) is 9.95. The number of aromatic nitrogens is 2. The Labute approximate surface area is 284 Å². The first-order chi connectivity index (χ1) is 21.7. The van der Waals surface area contributed by atoms with Crippen LogP contribution in [-0.2, 0) is 22.4 Å². The van der Waals surface area contributed by atoms with Gasteiger partial charge in [-0.2, -0.15) is 8.75 Å². The van der Waals surface area contributed by atoms with Gasteiger partial charge in [0.25, 0.3) is 0 Å². The van der Waals surface area contributed by atoms with Crippen molar-refractivity contribution < 1.29 is 9.53 Å². The van der Waals surface area contributed by atoms with Crippen molar-refractivity contribution in [2.75, 3.05) is 6.61 Å². The highest BCUT2D eigenvalue weighted by molar-refractivity contribution is 7.16. The number of carbonyl (C=O) groups is 1. The third-order valence-electron chi connectivity index (χ3n) is 9.30. The van der Waals surface area contributed by atoms with Crippen molar-refractivity contribution >= 4 is 51.4 Å². The van der Waals surface area contributed by atoms with Crippen LogP contribution in [0.1, 0.15) is 132 Å². The summed E-state index contributed by atoms with van der Waals surface area (Å²) in [6.45, 7) is 13.3. The Hall–Kier alpha value is -2.09. The van der Waals surface area contributed by atoms with Crippen LogP contribution in [0.15, 0.2) is 24.3 Å². The van der Waals surface area contributed by atoms with E-state index >= 15 is 0 Å². The molecule has 4 aromatic rings. The number of esters is 1. The molecule has 1 aromatic carbocycles. The molecule has 0 amide bonds. The largest absolute Gasteiger partial charge is 0.465 e. The molecule has 0 N–H and O–H groups in total. The van der Waals surface area contributed by atoms with Crippen molar-refractivity contribution in [3.05, 3.63) is 45.1 Å². The fourth-order valence-electron chi connectivity index (χ4n) is 5.79. The Kier molecular flexibility index (Phi) is 14.1. The Balaban J connectivity index is 1.28. The van der Waals surface area contributed by atoms with E-state index in [1.165, 1.54) is 124 Å². The summed E-state index contributed by atoms with van der Waals surface area (Å²) in [5, 5.41) is 0. The van der Waals surface area contributed by atoms with E-state index in [0.29, 0.717) is 6.61 Å². The molecule has 0 bridgehead atoms. The number of thiophene rings is 2. The quantitative estimate of drug-likeness (QED) is 0.0696. The van der Waals surface area contributed by atoms with E-state index in [9.17, 15) is 4.79 Å². The summed E-state index contributed by atoms with van der Waals surface area (Å²) in [5.74, 6) is -0.0662. The minimum Gasteiger partial charge on any atom is -0.465 e. The van der Waals surface area contributed by atoms with Gasteiger partial charge in [0, 0.05) is 30.6 Å². The molecular formula is C38H54N2O2S3. The Morgan fingerprint density at radius 2 is 1.18 bits per heavy atom. The molecule has 0 aliphatic heterocycles. The number of rotatable bonds is 20. The highest BCUT2D eigenvalue weighted by Gasteiger charge is 2.26. The first-order valence-corrected chi connectivity index (χ1v) is 19.7. The number of aryl methyl sites for hydroxylation is 4. The molecule has 4 rings (SSSR count). The second-order valence-electron chi connectivity index (χ2n) is 13.3. The molecule has 0 aliphatic rings. The van der Waals surface area contributed by atoms with Crippen LogP contribution in [0.4, 0.5) is 0 Å². The van der Waals surface area contributed by atoms with Gasteiger partial charge in [-0.05, 0) is 89.5 Å². The Bertz CT molecular complexity index is 1500. The molecule has 0 aliphatic carbocycles. The molecule has 0 atom stereocenters. The number of benzene rings is 1. The maximum Gasteiger partial charge on any atom is 0.311 e. The van der Waals surface area contributed by atoms with Gasteiger partial charge in [-0.1, -0.05) is 83.8 Å². The summed E-state index contributed by atoms with van der Waals surface area (Å²) >= 11 is 5.13. The number of ether oxygens (including phenoxy) is 1. The number of hydrogen-bond acceptors (Lipinski definition) is 7. The average Bonchev–Trinajstić information content (AvgIpc) is 3.76. The van der Waals surface area contributed by atoms with Crippen LogP contribution in [0, 0.1) is 19.3 Å². The van der Waals surface area contributed by atoms with E-state index in [0.717, 1.165) is 36.7 Å². The van der Waals surface area contributed by atoms with Gasteiger partial charge in [0.2, 0.25) is 0 Å². The van der Waals surface area contributed by atoms with Crippen molar-refractivity contribution in [3.8, 4) is 20.9 Å². The topological polar surface area (TPSA) is 52.1 Å². The van der Waals surface area contributed by atoms with Crippen LogP contribution in [0.3, 0.4) is 0 Å². The maximum atomic E-state index is 12.1. The van der Waals surface area contributed by atoms with E-state index in [4.69, 9.17) is 13.5 Å². The predicted molar refractivity (Wildman–Crippen MR) is 197 cm³/mol. The second-order valence-corrected chi connectivity index (χ2v) is 16.3. The fourth-order valence-corrected chi connectivity index (χ4v) is 8.56. The van der Waals surface area contributed by atoms with Crippen LogP contribution in [0.25, 0.3) is 31.9 Å². The van der Waals surface area contributed by atoms with E-state index in [2.05, 4.69) is 45.0 Å². The molecule has 0 radical (unpaired) electrons. The summed E-state index contributed by atoms with van der Waals surface area (Å²) in [5.41, 5.74) is 7.12. The van der Waals surface area contributed by atoms with Crippen LogP contribution in [0.5, 0.6) is 0 Å². The number of fused-ring (bicyclic) bond motifs is 1. The van der Waals surface area contributed by atoms with E-state index in [1.807, 2.05) is 43.4 Å². The van der Waals surface area contributed by atoms with Gasteiger partial charge in [0.15, 0.2) is 0 Å². The zero-order chi connectivity index (χ0) is 32.2. The molecule has 7 heteroatoms. The summed E-state index contributed by atoms with van der Waals surface area (Å²) in [6.07, 6.45) is 18.1. The smallest absolute Gasteiger partial charge is 0.311 e. The zero-order valence-electron chi connectivity index (χ0n) is 28.6. The van der Waals surface area contributed by atoms with Gasteiger partial charge >= 0.3 is 5.97 Å². The molecule has 4 nitrogen and oxygen atoms in total. The number of unbranched alkanes of at least 4 members (excludes halogenated alkanes) is 10. The summed E-state index contributed by atoms with van der Waals surface area (Å²) in [7, 11) is 0. The van der Waals surface area contributed by atoms with Crippen LogP contribution in [-0.4, -0.2) is 21.3 Å². The van der Waals surface area contributed by atoms with E-state index in [1.54, 1.807) is 0 Å². The first-order valence-electron chi connectivity index (χ1n) is 17.4. The lowest BCUT2D eigenvalue weighted by molar-refractivity contribution is -0.154. The molecule has 0 spiro atoms. The lowest BCUT2D eigenvalue weighted by Crippen LogP contribution is -2.26. The Morgan fingerprint density at radius 3 is 1.67 bits per heavy atom. The normalized spacial score (nSPS) is 12.0. The van der Waals surface area contributed by atoms with Gasteiger partial charge < -0.3 is 4.74 Å². The van der Waals surface area contributed by atoms with Crippen molar-refractivity contribution in [2.45, 2.75) is 138 Å². The Morgan fingerprint density at radius 1 is 0.711 bits per heavy atom. The molecule has 0 fully saturated rings. The predicted octanol–water partition coefficient (Wildman–Crippen LogP) is 12.5. The maximum absolute atomic E-state index is 12.1. The standard InChI is InChI=1S/C38H54N2O2S3/c1-7-9-10-11-14-17-20-29-25-33(43-27(29)3)31-22-23-32(36-35(31)39-45-40-36)34-26-30(28(4)44-34)21-18-15-12-13-16-19-24-42-37(41)38(5,6)8-2/h22-23,25-26H,7-21,24H2,1-6H3. The summed E-state index contributed by atoms with van der Waals surface area (Å²) in [4.78, 5) is 17.6. The van der Waals surface area contributed by atoms with E-state index in [-0.39, 0.29) is 11.4 Å². The molecule has 3 heterocycles. The fraction of sp³-hybridized carbons (Fsp3) is 0.605. The molecule has 0 saturated heterocycles. The molecule has 3 aromatic heterocycles. The number of carbonyl (C=O) groups excluding carboxylic acids is 1. The highest BCUT2D eigenvalue weighted by atomic mass is 32.1. The van der Waals surface area contributed by atoms with Crippen LogP contribution < -0.4 is 0 Å². The van der Waals surface area contributed by atoms with Gasteiger partial charge in [-0.15, -0.1) is 22.7 Å². The molecular weight excluding hydrogens is 613 g/mol. The van der Waals surface area contributed by atoms with Crippen molar-refractivity contribution in [1.82, 2.24) is 8.75 Å². The minimum atomic E-state index is -0.369. The van der Waals surface area contributed by atoms with Crippen LogP contribution >= 0.6 is 34.4 Å².